The molecule has 0 saturated carbocycles. The summed E-state index contributed by atoms with van der Waals surface area (Å²) in [5, 5.41) is 3.68. The highest BCUT2D eigenvalue weighted by atomic mass is 16.5. The van der Waals surface area contributed by atoms with E-state index in [1.807, 2.05) is 18.2 Å². The summed E-state index contributed by atoms with van der Waals surface area (Å²) in [5.41, 5.74) is 6.56. The first-order chi connectivity index (χ1) is 13.3. The number of benzene rings is 1. The van der Waals surface area contributed by atoms with E-state index in [1.54, 1.807) is 19.2 Å². The second kappa shape index (κ2) is 9.55. The molecule has 6 nitrogen and oxygen atoms in total. The van der Waals surface area contributed by atoms with Gasteiger partial charge in [0.2, 0.25) is 11.8 Å². The quantitative estimate of drug-likeness (QED) is 0.639. The van der Waals surface area contributed by atoms with Gasteiger partial charge in [0, 0.05) is 17.8 Å². The molecule has 1 unspecified atom stereocenters. The molecule has 1 aromatic heterocycles. The number of nitrogens with one attached hydrogen (secondary N) is 1. The molecule has 0 aliphatic rings. The second-order valence-corrected chi connectivity index (χ2v) is 7.51. The highest BCUT2D eigenvalue weighted by Gasteiger charge is 2.25. The Labute approximate surface area is 167 Å². The van der Waals surface area contributed by atoms with Crippen molar-refractivity contribution >= 4 is 5.91 Å². The fourth-order valence-electron chi connectivity index (χ4n) is 2.86. The predicted molar refractivity (Wildman–Crippen MR) is 111 cm³/mol. The molecule has 0 aliphatic heterocycles. The summed E-state index contributed by atoms with van der Waals surface area (Å²) in [5.74, 6) is 1.69. The highest BCUT2D eigenvalue weighted by molar-refractivity contribution is 5.92. The lowest BCUT2D eigenvalue weighted by atomic mass is 9.88. The Morgan fingerprint density at radius 2 is 2.00 bits per heavy atom. The van der Waals surface area contributed by atoms with Crippen LogP contribution in [0.2, 0.25) is 0 Å². The van der Waals surface area contributed by atoms with E-state index >= 15 is 0 Å². The third kappa shape index (κ3) is 5.45. The summed E-state index contributed by atoms with van der Waals surface area (Å²) < 4.78 is 11.4. The Hall–Kier alpha value is -2.60. The number of methoxy groups -OCH3 is 1. The van der Waals surface area contributed by atoms with Gasteiger partial charge in [0.1, 0.15) is 0 Å². The van der Waals surface area contributed by atoms with Gasteiger partial charge in [-0.05, 0) is 56.0 Å². The second-order valence-electron chi connectivity index (χ2n) is 7.51. The smallest absolute Gasteiger partial charge is 0.250 e. The molecule has 1 atom stereocenters. The van der Waals surface area contributed by atoms with Crippen molar-refractivity contribution in [2.75, 3.05) is 13.7 Å². The number of nitrogens with zero attached hydrogens (tertiary/aromatic N) is 1. The Kier molecular flexibility index (Phi) is 7.40. The molecule has 0 bridgehead atoms. The van der Waals surface area contributed by atoms with E-state index in [9.17, 15) is 4.79 Å². The van der Waals surface area contributed by atoms with Gasteiger partial charge in [-0.3, -0.25) is 4.79 Å². The predicted octanol–water partition coefficient (Wildman–Crippen LogP) is 4.24. The molecule has 0 saturated heterocycles. The van der Waals surface area contributed by atoms with Crippen molar-refractivity contribution in [2.24, 2.45) is 11.7 Å². The molecule has 1 aromatic carbocycles. The summed E-state index contributed by atoms with van der Waals surface area (Å²) in [6, 6.07) is 9.12. The number of rotatable bonds is 10. The number of carbonyl (C=O) groups is 1. The number of hydrogen-bond acceptors (Lipinski definition) is 5. The van der Waals surface area contributed by atoms with E-state index in [2.05, 4.69) is 38.0 Å². The Morgan fingerprint density at radius 1 is 1.25 bits per heavy atom. The lowest BCUT2D eigenvalue weighted by Crippen LogP contribution is -2.39. The number of hydrogen-bond donors (Lipinski definition) is 2. The van der Waals surface area contributed by atoms with Crippen LogP contribution in [0.3, 0.4) is 0 Å². The summed E-state index contributed by atoms with van der Waals surface area (Å²) in [7, 11) is 1.62. The first-order valence-corrected chi connectivity index (χ1v) is 9.66. The van der Waals surface area contributed by atoms with Gasteiger partial charge in [0.25, 0.3) is 0 Å². The van der Waals surface area contributed by atoms with Crippen molar-refractivity contribution in [1.82, 2.24) is 10.3 Å². The fraction of sp³-hybridized carbons (Fsp3) is 0.455. The van der Waals surface area contributed by atoms with Gasteiger partial charge in [-0.15, -0.1) is 0 Å². The van der Waals surface area contributed by atoms with Crippen LogP contribution < -0.4 is 20.5 Å². The monoisotopic (exact) mass is 385 g/mol. The van der Waals surface area contributed by atoms with Gasteiger partial charge in [-0.1, -0.05) is 26.8 Å². The van der Waals surface area contributed by atoms with Crippen LogP contribution in [0.15, 0.2) is 36.5 Å². The van der Waals surface area contributed by atoms with E-state index < -0.39 is 5.91 Å². The molecular weight excluding hydrogens is 354 g/mol. The molecule has 28 heavy (non-hydrogen) atoms. The van der Waals surface area contributed by atoms with E-state index in [-0.39, 0.29) is 5.54 Å². The molecule has 0 aliphatic carbocycles. The summed E-state index contributed by atoms with van der Waals surface area (Å²) >= 11 is 0. The lowest BCUT2D eigenvalue weighted by Gasteiger charge is -2.31. The normalized spacial score (nSPS) is 13.2. The minimum atomic E-state index is -0.523. The molecule has 152 valence electrons. The van der Waals surface area contributed by atoms with Crippen LogP contribution in [-0.4, -0.2) is 24.5 Å². The average molecular weight is 386 g/mol. The Bertz CT molecular complexity index is 790. The van der Waals surface area contributed by atoms with Crippen molar-refractivity contribution < 1.29 is 14.3 Å². The topological polar surface area (TPSA) is 86.5 Å². The summed E-state index contributed by atoms with van der Waals surface area (Å²) in [6.07, 6.45) is 3.47. The minimum absolute atomic E-state index is 0.151. The zero-order chi connectivity index (χ0) is 20.7. The van der Waals surface area contributed by atoms with Gasteiger partial charge < -0.3 is 20.5 Å². The van der Waals surface area contributed by atoms with Crippen LogP contribution in [0.1, 0.15) is 56.5 Å². The number of aromatic nitrogens is 1. The summed E-state index contributed by atoms with van der Waals surface area (Å²) in [4.78, 5) is 15.3. The van der Waals surface area contributed by atoms with Gasteiger partial charge in [0.15, 0.2) is 11.5 Å². The fourth-order valence-corrected chi connectivity index (χ4v) is 2.86. The number of amides is 1. The average Bonchev–Trinajstić information content (AvgIpc) is 2.68. The zero-order valence-corrected chi connectivity index (χ0v) is 17.4. The van der Waals surface area contributed by atoms with Crippen LogP contribution in [0.5, 0.6) is 17.4 Å². The number of primary amides is 1. The standard InChI is InChI=1S/C22H31N3O3/c1-6-22(4,25-12-11-15(2)3)17-8-9-18(19(13-17)27-5)28-20-10-7-16(14-24-20)21(23)26/h7-10,13-15,25H,6,11-12H2,1-5H3,(H2,23,26). The number of pyridine rings is 1. The molecule has 2 rings (SSSR count). The molecule has 1 heterocycles. The van der Waals surface area contributed by atoms with Crippen LogP contribution in [0.25, 0.3) is 0 Å². The van der Waals surface area contributed by atoms with E-state index in [0.29, 0.717) is 28.9 Å². The molecule has 6 heteroatoms. The zero-order valence-electron chi connectivity index (χ0n) is 17.4. The van der Waals surface area contributed by atoms with Crippen LogP contribution >= 0.6 is 0 Å². The number of nitrogens with two attached hydrogens (primary N) is 1. The first-order valence-electron chi connectivity index (χ1n) is 9.66. The molecule has 2 aromatic rings. The van der Waals surface area contributed by atoms with E-state index in [0.717, 1.165) is 24.9 Å². The largest absolute Gasteiger partial charge is 0.493 e. The third-order valence-electron chi connectivity index (χ3n) is 4.98. The molecule has 3 N–H and O–H groups in total. The Balaban J connectivity index is 2.21. The lowest BCUT2D eigenvalue weighted by molar-refractivity contribution is 0.1000. The van der Waals surface area contributed by atoms with E-state index in [1.165, 1.54) is 6.20 Å². The molecular formula is C22H31N3O3. The molecule has 1 amide bonds. The molecule has 0 spiro atoms. The van der Waals surface area contributed by atoms with Crippen molar-refractivity contribution in [3.63, 3.8) is 0 Å². The number of carbonyl (C=O) groups excluding carboxylic acids is 1. The summed E-state index contributed by atoms with van der Waals surface area (Å²) in [6.45, 7) is 9.78. The first kappa shape index (κ1) is 21.7. The van der Waals surface area contributed by atoms with Crippen LogP contribution in [0.4, 0.5) is 0 Å². The third-order valence-corrected chi connectivity index (χ3v) is 4.98. The van der Waals surface area contributed by atoms with Gasteiger partial charge >= 0.3 is 0 Å². The molecule has 0 fully saturated rings. The maximum atomic E-state index is 11.2. The number of ether oxygens (including phenoxy) is 2. The maximum Gasteiger partial charge on any atom is 0.250 e. The van der Waals surface area contributed by atoms with Gasteiger partial charge in [0.05, 0.1) is 12.7 Å². The highest BCUT2D eigenvalue weighted by Crippen LogP contribution is 2.36. The van der Waals surface area contributed by atoms with Gasteiger partial charge in [-0.2, -0.15) is 0 Å². The van der Waals surface area contributed by atoms with Gasteiger partial charge in [-0.25, -0.2) is 4.98 Å². The minimum Gasteiger partial charge on any atom is -0.493 e. The SMILES string of the molecule is CCC(C)(NCCC(C)C)c1ccc(Oc2ccc(C(N)=O)cn2)c(OC)c1. The Morgan fingerprint density at radius 3 is 2.54 bits per heavy atom. The van der Waals surface area contributed by atoms with Crippen molar-refractivity contribution in [2.45, 2.75) is 46.1 Å². The van der Waals surface area contributed by atoms with E-state index in [4.69, 9.17) is 15.2 Å². The van der Waals surface area contributed by atoms with Crippen LogP contribution in [-0.2, 0) is 5.54 Å². The maximum absolute atomic E-state index is 11.2. The molecule has 0 radical (unpaired) electrons. The van der Waals surface area contributed by atoms with Crippen molar-refractivity contribution in [3.05, 3.63) is 47.7 Å². The van der Waals surface area contributed by atoms with Crippen molar-refractivity contribution in [3.8, 4) is 17.4 Å². The van der Waals surface area contributed by atoms with Crippen molar-refractivity contribution in [1.29, 1.82) is 0 Å². The van der Waals surface area contributed by atoms with Crippen LogP contribution in [0, 0.1) is 5.92 Å².